The van der Waals surface area contributed by atoms with Crippen LogP contribution in [0.3, 0.4) is 0 Å². The summed E-state index contributed by atoms with van der Waals surface area (Å²) in [5, 5.41) is 28.0. The van der Waals surface area contributed by atoms with Crippen LogP contribution in [0.5, 0.6) is 0 Å². The van der Waals surface area contributed by atoms with Gasteiger partial charge < -0.3 is 24.8 Å². The molecule has 0 aromatic heterocycles. The van der Waals surface area contributed by atoms with E-state index in [1.165, 1.54) is 0 Å². The van der Waals surface area contributed by atoms with Gasteiger partial charge in [0.25, 0.3) is 0 Å². The van der Waals surface area contributed by atoms with Crippen LogP contribution < -0.4 is 0 Å². The van der Waals surface area contributed by atoms with Crippen LogP contribution in [0.1, 0.15) is 64.7 Å². The fraction of sp³-hybridized carbons (Fsp3) is 0.714. The number of ether oxygens (including phenoxy) is 2. The van der Waals surface area contributed by atoms with Crippen molar-refractivity contribution < 1.29 is 34.4 Å². The van der Waals surface area contributed by atoms with Gasteiger partial charge in [-0.05, 0) is 37.8 Å². The SMILES string of the molecule is CCCCC[C@@H](/C=C/[C@@H]1[C@H]2C/C(=C/CCCC(=O)O)O[C@H]2C[C@H]1O)OC(=O)O. The van der Waals surface area contributed by atoms with Crippen molar-refractivity contribution in [1.29, 1.82) is 0 Å². The Bertz CT molecular complexity index is 583. The van der Waals surface area contributed by atoms with Gasteiger partial charge in [0.05, 0.1) is 11.9 Å². The molecule has 158 valence electrons. The number of allylic oxidation sites excluding steroid dienone is 2. The molecule has 1 saturated heterocycles. The number of carbonyl (C=O) groups is 2. The van der Waals surface area contributed by atoms with Gasteiger partial charge in [-0.1, -0.05) is 25.8 Å². The molecule has 1 aliphatic heterocycles. The molecule has 1 saturated carbocycles. The predicted molar refractivity (Wildman–Crippen MR) is 103 cm³/mol. The molecular formula is C21H32O7. The molecule has 2 fully saturated rings. The van der Waals surface area contributed by atoms with Gasteiger partial charge in [-0.25, -0.2) is 4.79 Å². The molecule has 28 heavy (non-hydrogen) atoms. The molecule has 2 aliphatic rings. The molecular weight excluding hydrogens is 364 g/mol. The monoisotopic (exact) mass is 396 g/mol. The molecule has 2 rings (SSSR count). The summed E-state index contributed by atoms with van der Waals surface area (Å²) < 4.78 is 10.9. The van der Waals surface area contributed by atoms with E-state index in [2.05, 4.69) is 6.92 Å². The van der Waals surface area contributed by atoms with E-state index in [0.29, 0.717) is 32.1 Å². The second-order valence-electron chi connectivity index (χ2n) is 7.66. The molecule has 0 aromatic carbocycles. The fourth-order valence-corrected chi connectivity index (χ4v) is 4.07. The summed E-state index contributed by atoms with van der Waals surface area (Å²) in [4.78, 5) is 21.5. The number of hydrogen-bond donors (Lipinski definition) is 3. The Morgan fingerprint density at radius 3 is 2.75 bits per heavy atom. The Morgan fingerprint density at radius 2 is 2.07 bits per heavy atom. The number of fused-ring (bicyclic) bond motifs is 1. The topological polar surface area (TPSA) is 113 Å². The lowest BCUT2D eigenvalue weighted by molar-refractivity contribution is -0.137. The van der Waals surface area contributed by atoms with Crippen molar-refractivity contribution in [2.75, 3.05) is 0 Å². The first-order chi connectivity index (χ1) is 13.4. The predicted octanol–water partition coefficient (Wildman–Crippen LogP) is 4.11. The molecule has 7 nitrogen and oxygen atoms in total. The lowest BCUT2D eigenvalue weighted by Crippen LogP contribution is -2.19. The second-order valence-corrected chi connectivity index (χ2v) is 7.66. The van der Waals surface area contributed by atoms with Crippen LogP contribution in [0.15, 0.2) is 24.0 Å². The van der Waals surface area contributed by atoms with E-state index in [1.54, 1.807) is 6.08 Å². The van der Waals surface area contributed by atoms with Gasteiger partial charge in [0.15, 0.2) is 0 Å². The Kier molecular flexibility index (Phi) is 8.83. The van der Waals surface area contributed by atoms with E-state index in [0.717, 1.165) is 25.0 Å². The van der Waals surface area contributed by atoms with Crippen LogP contribution >= 0.6 is 0 Å². The highest BCUT2D eigenvalue weighted by molar-refractivity contribution is 5.66. The van der Waals surface area contributed by atoms with Gasteiger partial charge in [-0.15, -0.1) is 0 Å². The van der Waals surface area contributed by atoms with Gasteiger partial charge in [0.2, 0.25) is 0 Å². The Morgan fingerprint density at radius 1 is 1.29 bits per heavy atom. The lowest BCUT2D eigenvalue weighted by atomic mass is 9.90. The highest BCUT2D eigenvalue weighted by atomic mass is 16.7. The largest absolute Gasteiger partial charge is 0.506 e. The van der Waals surface area contributed by atoms with Crippen LogP contribution in [0, 0.1) is 11.8 Å². The van der Waals surface area contributed by atoms with Gasteiger partial charge in [-0.2, -0.15) is 0 Å². The highest BCUT2D eigenvalue weighted by Crippen LogP contribution is 2.45. The maximum atomic E-state index is 10.9. The quantitative estimate of drug-likeness (QED) is 0.274. The number of carboxylic acid groups (broad SMARTS) is 2. The average Bonchev–Trinajstić information content (AvgIpc) is 3.12. The van der Waals surface area contributed by atoms with Gasteiger partial charge in [-0.3, -0.25) is 4.79 Å². The summed E-state index contributed by atoms with van der Waals surface area (Å²) in [7, 11) is 0. The van der Waals surface area contributed by atoms with Crippen molar-refractivity contribution in [1.82, 2.24) is 0 Å². The fourth-order valence-electron chi connectivity index (χ4n) is 4.07. The summed E-state index contributed by atoms with van der Waals surface area (Å²) >= 11 is 0. The van der Waals surface area contributed by atoms with Gasteiger partial charge in [0, 0.05) is 31.1 Å². The van der Waals surface area contributed by atoms with E-state index in [-0.39, 0.29) is 24.4 Å². The van der Waals surface area contributed by atoms with Crippen molar-refractivity contribution >= 4 is 12.1 Å². The summed E-state index contributed by atoms with van der Waals surface area (Å²) in [6, 6.07) is 0. The summed E-state index contributed by atoms with van der Waals surface area (Å²) in [6.45, 7) is 2.09. The molecule has 1 aliphatic carbocycles. The smallest absolute Gasteiger partial charge is 0.495 e. The normalized spacial score (nSPS) is 29.0. The molecule has 0 amide bonds. The van der Waals surface area contributed by atoms with Crippen LogP contribution in [0.2, 0.25) is 0 Å². The first-order valence-electron chi connectivity index (χ1n) is 10.2. The zero-order valence-corrected chi connectivity index (χ0v) is 16.5. The number of rotatable bonds is 11. The summed E-state index contributed by atoms with van der Waals surface area (Å²) in [5.74, 6) is 0.124. The van der Waals surface area contributed by atoms with Crippen molar-refractivity contribution in [2.24, 2.45) is 11.8 Å². The molecule has 3 N–H and O–H groups in total. The van der Waals surface area contributed by atoms with Crippen molar-refractivity contribution in [3.05, 3.63) is 24.0 Å². The van der Waals surface area contributed by atoms with Crippen LogP contribution in [-0.4, -0.2) is 45.8 Å². The van der Waals surface area contributed by atoms with Gasteiger partial charge in [0.1, 0.15) is 12.2 Å². The Hall–Kier alpha value is -2.02. The van der Waals surface area contributed by atoms with E-state index in [4.69, 9.17) is 19.7 Å². The molecule has 0 radical (unpaired) electrons. The van der Waals surface area contributed by atoms with E-state index < -0.39 is 24.3 Å². The van der Waals surface area contributed by atoms with Crippen molar-refractivity contribution in [3.63, 3.8) is 0 Å². The van der Waals surface area contributed by atoms with Crippen LogP contribution in [0.4, 0.5) is 4.79 Å². The first kappa shape index (κ1) is 22.3. The van der Waals surface area contributed by atoms with E-state index >= 15 is 0 Å². The number of carboxylic acids is 1. The molecule has 0 aromatic rings. The number of unbranched alkanes of at least 4 members (excludes halogenated alkanes) is 3. The maximum absolute atomic E-state index is 10.9. The minimum Gasteiger partial charge on any atom is -0.495 e. The molecule has 0 spiro atoms. The summed E-state index contributed by atoms with van der Waals surface area (Å²) in [6.07, 6.45) is 9.53. The zero-order chi connectivity index (χ0) is 20.5. The van der Waals surface area contributed by atoms with E-state index in [9.17, 15) is 14.7 Å². The third-order valence-electron chi connectivity index (χ3n) is 5.49. The highest BCUT2D eigenvalue weighted by Gasteiger charge is 2.47. The Labute approximate surface area is 166 Å². The average molecular weight is 396 g/mol. The second kappa shape index (κ2) is 11.1. The Balaban J connectivity index is 1.92. The summed E-state index contributed by atoms with van der Waals surface area (Å²) in [5.41, 5.74) is 0. The number of aliphatic hydroxyl groups excluding tert-OH is 1. The zero-order valence-electron chi connectivity index (χ0n) is 16.5. The maximum Gasteiger partial charge on any atom is 0.506 e. The minimum absolute atomic E-state index is 0.0469. The standard InChI is InChI=1S/C21H32O7/c1-2-3-4-7-14(28-21(25)26)10-11-16-17-12-15(8-5-6-9-20(23)24)27-19(17)13-18(16)22/h8,10-11,14,16-19,22H,2-7,9,12-13H2,1H3,(H,23,24)(H,25,26)/b11-10+,15-8-/t14-,16+,17+,18+,19-/m0/s1. The van der Waals surface area contributed by atoms with E-state index in [1.807, 2.05) is 12.2 Å². The third kappa shape index (κ3) is 6.86. The molecule has 5 atom stereocenters. The molecule has 7 heteroatoms. The minimum atomic E-state index is -1.29. The van der Waals surface area contributed by atoms with Gasteiger partial charge >= 0.3 is 12.1 Å². The molecule has 0 unspecified atom stereocenters. The number of aliphatic carboxylic acids is 1. The van der Waals surface area contributed by atoms with Crippen LogP contribution in [0.25, 0.3) is 0 Å². The molecule has 0 bridgehead atoms. The third-order valence-corrected chi connectivity index (χ3v) is 5.49. The molecule has 1 heterocycles. The van der Waals surface area contributed by atoms with Crippen molar-refractivity contribution in [3.8, 4) is 0 Å². The number of aliphatic hydroxyl groups is 1. The first-order valence-corrected chi connectivity index (χ1v) is 10.2. The van der Waals surface area contributed by atoms with Crippen molar-refractivity contribution in [2.45, 2.75) is 83.0 Å². The number of hydrogen-bond acceptors (Lipinski definition) is 5. The van der Waals surface area contributed by atoms with Crippen LogP contribution in [-0.2, 0) is 14.3 Å². The lowest BCUT2D eigenvalue weighted by Gasteiger charge is -2.17.